The van der Waals surface area contributed by atoms with Crippen LogP contribution in [0.3, 0.4) is 0 Å². The van der Waals surface area contributed by atoms with Gasteiger partial charge in [-0.25, -0.2) is 0 Å². The van der Waals surface area contributed by atoms with E-state index in [1.807, 2.05) is 37.3 Å². The van der Waals surface area contributed by atoms with Gasteiger partial charge in [0.05, 0.1) is 0 Å². The zero-order valence-corrected chi connectivity index (χ0v) is 9.75. The van der Waals surface area contributed by atoms with Crippen molar-refractivity contribution in [3.05, 3.63) is 40.4 Å². The summed E-state index contributed by atoms with van der Waals surface area (Å²) in [5, 5.41) is 0. The number of rotatable bonds is 4. The smallest absolute Gasteiger partial charge is 0.155 e. The van der Waals surface area contributed by atoms with Crippen LogP contribution in [0.2, 0.25) is 0 Å². The van der Waals surface area contributed by atoms with Gasteiger partial charge in [-0.15, -0.1) is 0 Å². The Morgan fingerprint density at radius 3 is 2.57 bits per heavy atom. The van der Waals surface area contributed by atoms with Gasteiger partial charge in [-0.05, 0) is 30.2 Å². The standard InChI is InChI=1S/C12H13BrO/c1-2-3-12(14)9-6-10-4-7-11(13)8-5-10/h4-9H,2-3H2,1H3/b9-6+. The maximum atomic E-state index is 11.2. The van der Waals surface area contributed by atoms with Crippen LogP contribution in [0.1, 0.15) is 25.3 Å². The summed E-state index contributed by atoms with van der Waals surface area (Å²) < 4.78 is 1.05. The van der Waals surface area contributed by atoms with Gasteiger partial charge in [0.15, 0.2) is 5.78 Å². The Labute approximate surface area is 93.0 Å². The number of carbonyl (C=O) groups is 1. The molecule has 1 rings (SSSR count). The van der Waals surface area contributed by atoms with E-state index < -0.39 is 0 Å². The first-order chi connectivity index (χ1) is 6.72. The first-order valence-corrected chi connectivity index (χ1v) is 5.48. The number of allylic oxidation sites excluding steroid dienone is 1. The molecule has 0 aromatic heterocycles. The van der Waals surface area contributed by atoms with Crippen molar-refractivity contribution >= 4 is 27.8 Å². The van der Waals surface area contributed by atoms with Crippen LogP contribution in [-0.4, -0.2) is 5.78 Å². The molecule has 0 aliphatic heterocycles. The SMILES string of the molecule is CCCC(=O)/C=C/c1ccc(Br)cc1. The minimum absolute atomic E-state index is 0.190. The van der Waals surface area contributed by atoms with Gasteiger partial charge in [0, 0.05) is 10.9 Å². The minimum Gasteiger partial charge on any atom is -0.295 e. The molecule has 0 radical (unpaired) electrons. The minimum atomic E-state index is 0.190. The number of benzene rings is 1. The summed E-state index contributed by atoms with van der Waals surface area (Å²) >= 11 is 3.36. The Morgan fingerprint density at radius 1 is 1.36 bits per heavy atom. The maximum Gasteiger partial charge on any atom is 0.155 e. The van der Waals surface area contributed by atoms with Gasteiger partial charge in [-0.1, -0.05) is 41.1 Å². The van der Waals surface area contributed by atoms with Crippen molar-refractivity contribution in [3.8, 4) is 0 Å². The largest absolute Gasteiger partial charge is 0.295 e. The van der Waals surface area contributed by atoms with Gasteiger partial charge in [-0.2, -0.15) is 0 Å². The quantitative estimate of drug-likeness (QED) is 0.745. The fourth-order valence-electron chi connectivity index (χ4n) is 1.09. The summed E-state index contributed by atoms with van der Waals surface area (Å²) in [4.78, 5) is 11.2. The van der Waals surface area contributed by atoms with Crippen LogP contribution in [0, 0.1) is 0 Å². The van der Waals surface area contributed by atoms with Crippen LogP contribution in [-0.2, 0) is 4.79 Å². The molecule has 0 atom stereocenters. The number of ketones is 1. The lowest BCUT2D eigenvalue weighted by atomic mass is 10.1. The third-order valence-corrected chi connectivity index (χ3v) is 2.36. The molecule has 74 valence electrons. The van der Waals surface area contributed by atoms with Crippen LogP contribution < -0.4 is 0 Å². The Balaban J connectivity index is 2.60. The van der Waals surface area contributed by atoms with Crippen molar-refractivity contribution in [1.82, 2.24) is 0 Å². The van der Waals surface area contributed by atoms with Crippen LogP contribution >= 0.6 is 15.9 Å². The first-order valence-electron chi connectivity index (χ1n) is 4.69. The van der Waals surface area contributed by atoms with Crippen LogP contribution in [0.5, 0.6) is 0 Å². The number of hydrogen-bond donors (Lipinski definition) is 0. The van der Waals surface area contributed by atoms with Crippen molar-refractivity contribution < 1.29 is 4.79 Å². The van der Waals surface area contributed by atoms with E-state index in [0.29, 0.717) is 6.42 Å². The highest BCUT2D eigenvalue weighted by atomic mass is 79.9. The molecular weight excluding hydrogens is 240 g/mol. The number of halogens is 1. The summed E-state index contributed by atoms with van der Waals surface area (Å²) in [6.07, 6.45) is 5.04. The molecule has 0 spiro atoms. The van der Waals surface area contributed by atoms with Gasteiger partial charge in [0.2, 0.25) is 0 Å². The van der Waals surface area contributed by atoms with E-state index in [0.717, 1.165) is 16.5 Å². The molecule has 0 N–H and O–H groups in total. The van der Waals surface area contributed by atoms with Gasteiger partial charge in [0.25, 0.3) is 0 Å². The second-order valence-corrected chi connectivity index (χ2v) is 4.02. The zero-order valence-electron chi connectivity index (χ0n) is 8.16. The molecule has 0 aliphatic carbocycles. The molecular formula is C12H13BrO. The zero-order chi connectivity index (χ0) is 10.4. The van der Waals surface area contributed by atoms with E-state index in [4.69, 9.17) is 0 Å². The van der Waals surface area contributed by atoms with Gasteiger partial charge in [0.1, 0.15) is 0 Å². The van der Waals surface area contributed by atoms with Gasteiger partial charge >= 0.3 is 0 Å². The van der Waals surface area contributed by atoms with Crippen molar-refractivity contribution in [1.29, 1.82) is 0 Å². The van der Waals surface area contributed by atoms with Gasteiger partial charge in [-0.3, -0.25) is 4.79 Å². The molecule has 0 aliphatic rings. The van der Waals surface area contributed by atoms with Gasteiger partial charge < -0.3 is 0 Å². The highest BCUT2D eigenvalue weighted by Crippen LogP contribution is 2.11. The molecule has 1 aromatic carbocycles. The molecule has 1 aromatic rings. The second-order valence-electron chi connectivity index (χ2n) is 3.10. The summed E-state index contributed by atoms with van der Waals surface area (Å²) in [6.45, 7) is 2.01. The predicted octanol–water partition coefficient (Wildman–Crippen LogP) is 3.83. The monoisotopic (exact) mass is 252 g/mol. The summed E-state index contributed by atoms with van der Waals surface area (Å²) in [5.74, 6) is 0.190. The average molecular weight is 253 g/mol. The number of carbonyl (C=O) groups excluding carboxylic acids is 1. The lowest BCUT2D eigenvalue weighted by Gasteiger charge is -1.93. The van der Waals surface area contributed by atoms with Crippen LogP contribution in [0.15, 0.2) is 34.8 Å². The third kappa shape index (κ3) is 3.88. The fourth-order valence-corrected chi connectivity index (χ4v) is 1.36. The second kappa shape index (κ2) is 5.76. The molecule has 14 heavy (non-hydrogen) atoms. The lowest BCUT2D eigenvalue weighted by Crippen LogP contribution is -1.89. The molecule has 0 saturated heterocycles. The van der Waals surface area contributed by atoms with Crippen molar-refractivity contribution in [2.75, 3.05) is 0 Å². The molecule has 0 unspecified atom stereocenters. The number of hydrogen-bond acceptors (Lipinski definition) is 1. The third-order valence-electron chi connectivity index (χ3n) is 1.83. The van der Waals surface area contributed by atoms with Crippen LogP contribution in [0.4, 0.5) is 0 Å². The van der Waals surface area contributed by atoms with E-state index in [9.17, 15) is 4.79 Å². The Hall–Kier alpha value is -0.890. The Morgan fingerprint density at radius 2 is 2.00 bits per heavy atom. The van der Waals surface area contributed by atoms with E-state index in [1.54, 1.807) is 6.08 Å². The lowest BCUT2D eigenvalue weighted by molar-refractivity contribution is -0.114. The molecule has 0 fully saturated rings. The molecule has 0 bridgehead atoms. The Kier molecular flexibility index (Phi) is 4.60. The average Bonchev–Trinajstić information content (AvgIpc) is 2.17. The molecule has 0 heterocycles. The summed E-state index contributed by atoms with van der Waals surface area (Å²) in [5.41, 5.74) is 1.05. The highest BCUT2D eigenvalue weighted by Gasteiger charge is 1.93. The normalized spacial score (nSPS) is 10.7. The summed E-state index contributed by atoms with van der Waals surface area (Å²) in [6, 6.07) is 7.87. The highest BCUT2D eigenvalue weighted by molar-refractivity contribution is 9.10. The van der Waals surface area contributed by atoms with E-state index in [-0.39, 0.29) is 5.78 Å². The maximum absolute atomic E-state index is 11.2. The molecule has 1 nitrogen and oxygen atoms in total. The van der Waals surface area contributed by atoms with E-state index in [2.05, 4.69) is 15.9 Å². The Bertz CT molecular complexity index is 325. The van der Waals surface area contributed by atoms with Crippen molar-refractivity contribution in [2.24, 2.45) is 0 Å². The predicted molar refractivity (Wildman–Crippen MR) is 63.1 cm³/mol. The van der Waals surface area contributed by atoms with E-state index in [1.165, 1.54) is 0 Å². The van der Waals surface area contributed by atoms with Crippen LogP contribution in [0.25, 0.3) is 6.08 Å². The fraction of sp³-hybridized carbons (Fsp3) is 0.250. The molecule has 0 amide bonds. The molecule has 2 heteroatoms. The van der Waals surface area contributed by atoms with E-state index >= 15 is 0 Å². The van der Waals surface area contributed by atoms with Crippen molar-refractivity contribution in [2.45, 2.75) is 19.8 Å². The summed E-state index contributed by atoms with van der Waals surface area (Å²) in [7, 11) is 0. The molecule has 0 saturated carbocycles. The van der Waals surface area contributed by atoms with Crippen molar-refractivity contribution in [3.63, 3.8) is 0 Å². The first kappa shape index (κ1) is 11.2. The topological polar surface area (TPSA) is 17.1 Å².